The van der Waals surface area contributed by atoms with Crippen molar-refractivity contribution in [3.05, 3.63) is 36.7 Å². The van der Waals surface area contributed by atoms with Crippen LogP contribution in [0.5, 0.6) is 11.5 Å². The molecule has 1 aliphatic rings. The van der Waals surface area contributed by atoms with Gasteiger partial charge in [0.15, 0.2) is 0 Å². The maximum atomic E-state index is 12.8. The van der Waals surface area contributed by atoms with Crippen LogP contribution in [0, 0.1) is 5.92 Å². The van der Waals surface area contributed by atoms with Gasteiger partial charge in [-0.2, -0.15) is 0 Å². The van der Waals surface area contributed by atoms with E-state index < -0.39 is 0 Å². The minimum Gasteiger partial charge on any atom is -0.494 e. The second-order valence-electron chi connectivity index (χ2n) is 5.86. The molecule has 0 aliphatic carbocycles. The predicted octanol–water partition coefficient (Wildman–Crippen LogP) is 2.35. The number of rotatable bonds is 5. The molecule has 0 bridgehead atoms. The smallest absolute Gasteiger partial charge is 0.229 e. The van der Waals surface area contributed by atoms with Crippen molar-refractivity contribution >= 4 is 17.5 Å². The number of anilines is 2. The van der Waals surface area contributed by atoms with Crippen LogP contribution in [-0.4, -0.2) is 43.2 Å². The summed E-state index contributed by atoms with van der Waals surface area (Å²) < 4.78 is 10.7. The Balaban J connectivity index is 1.73. The Morgan fingerprint density at radius 3 is 2.48 bits per heavy atom. The molecule has 1 N–H and O–H groups in total. The van der Waals surface area contributed by atoms with Crippen LogP contribution in [0.4, 0.5) is 11.6 Å². The van der Waals surface area contributed by atoms with Crippen LogP contribution < -0.4 is 19.7 Å². The highest BCUT2D eigenvalue weighted by atomic mass is 16.5. The number of aromatic nitrogens is 2. The van der Waals surface area contributed by atoms with E-state index in [0.717, 1.165) is 19.4 Å². The summed E-state index contributed by atoms with van der Waals surface area (Å²) in [6.45, 7) is 1.44. The summed E-state index contributed by atoms with van der Waals surface area (Å²) in [6, 6.07) is 7.19. The number of para-hydroxylation sites is 1. The first kappa shape index (κ1) is 17.0. The fourth-order valence-electron chi connectivity index (χ4n) is 3.03. The highest BCUT2D eigenvalue weighted by Crippen LogP contribution is 2.35. The van der Waals surface area contributed by atoms with Crippen molar-refractivity contribution in [3.8, 4) is 11.5 Å². The molecule has 1 aliphatic heterocycles. The maximum Gasteiger partial charge on any atom is 0.229 e. The molecule has 0 spiro atoms. The number of methoxy groups -OCH3 is 2. The standard InChI is InChI=1S/C18H22N4O3/c1-24-14-7-3-8-15(25-2)16(14)21-17(23)13-6-4-11-22(12-13)18-19-9-5-10-20-18/h3,5,7-10,13H,4,6,11-12H2,1-2H3,(H,21,23)/t13-/m0/s1. The number of ether oxygens (including phenoxy) is 2. The predicted molar refractivity (Wildman–Crippen MR) is 95.1 cm³/mol. The number of nitrogens with zero attached hydrogens (tertiary/aromatic N) is 3. The van der Waals surface area contributed by atoms with Gasteiger partial charge in [0.25, 0.3) is 0 Å². The van der Waals surface area contributed by atoms with Crippen molar-refractivity contribution in [1.29, 1.82) is 0 Å². The van der Waals surface area contributed by atoms with E-state index in [1.807, 2.05) is 11.0 Å². The van der Waals surface area contributed by atoms with Crippen molar-refractivity contribution in [2.24, 2.45) is 5.92 Å². The highest BCUT2D eigenvalue weighted by Gasteiger charge is 2.28. The third-order valence-corrected chi connectivity index (χ3v) is 4.30. The molecule has 132 valence electrons. The molecule has 2 aromatic rings. The first-order valence-electron chi connectivity index (χ1n) is 8.26. The van der Waals surface area contributed by atoms with Gasteiger partial charge in [0.05, 0.1) is 20.1 Å². The first-order chi connectivity index (χ1) is 12.2. The zero-order chi connectivity index (χ0) is 17.6. The summed E-state index contributed by atoms with van der Waals surface area (Å²) >= 11 is 0. The molecule has 0 unspecified atom stereocenters. The maximum absolute atomic E-state index is 12.8. The summed E-state index contributed by atoms with van der Waals surface area (Å²) in [5.74, 6) is 1.61. The molecule has 1 aromatic carbocycles. The van der Waals surface area contributed by atoms with E-state index in [4.69, 9.17) is 9.47 Å². The first-order valence-corrected chi connectivity index (χ1v) is 8.26. The number of hydrogen-bond acceptors (Lipinski definition) is 6. The molecular weight excluding hydrogens is 320 g/mol. The number of hydrogen-bond donors (Lipinski definition) is 1. The zero-order valence-corrected chi connectivity index (χ0v) is 14.4. The van der Waals surface area contributed by atoms with Gasteiger partial charge in [-0.1, -0.05) is 6.07 Å². The van der Waals surface area contributed by atoms with E-state index in [0.29, 0.717) is 29.7 Å². The molecule has 25 heavy (non-hydrogen) atoms. The summed E-state index contributed by atoms with van der Waals surface area (Å²) in [5, 5.41) is 2.97. The quantitative estimate of drug-likeness (QED) is 0.899. The van der Waals surface area contributed by atoms with Gasteiger partial charge < -0.3 is 19.7 Å². The lowest BCUT2D eigenvalue weighted by Gasteiger charge is -2.32. The molecule has 1 atom stereocenters. The van der Waals surface area contributed by atoms with Crippen LogP contribution in [0.15, 0.2) is 36.7 Å². The molecule has 1 fully saturated rings. The van der Waals surface area contributed by atoms with Crippen molar-refractivity contribution in [1.82, 2.24) is 9.97 Å². The molecule has 1 saturated heterocycles. The van der Waals surface area contributed by atoms with Gasteiger partial charge in [-0.3, -0.25) is 4.79 Å². The molecular formula is C18H22N4O3. The number of carbonyl (C=O) groups is 1. The van der Waals surface area contributed by atoms with E-state index in [1.54, 1.807) is 44.8 Å². The van der Waals surface area contributed by atoms with Gasteiger partial charge in [0.2, 0.25) is 11.9 Å². The summed E-state index contributed by atoms with van der Waals surface area (Å²) in [7, 11) is 3.14. The monoisotopic (exact) mass is 342 g/mol. The molecule has 3 rings (SSSR count). The third kappa shape index (κ3) is 3.81. The Hall–Kier alpha value is -2.83. The van der Waals surface area contributed by atoms with Gasteiger partial charge in [0, 0.05) is 25.5 Å². The average molecular weight is 342 g/mol. The molecule has 0 saturated carbocycles. The number of amides is 1. The molecule has 7 heteroatoms. The third-order valence-electron chi connectivity index (χ3n) is 4.30. The zero-order valence-electron chi connectivity index (χ0n) is 14.4. The fourth-order valence-corrected chi connectivity index (χ4v) is 3.03. The average Bonchev–Trinajstić information content (AvgIpc) is 2.69. The van der Waals surface area contributed by atoms with Crippen LogP contribution >= 0.6 is 0 Å². The second-order valence-corrected chi connectivity index (χ2v) is 5.86. The number of piperidine rings is 1. The van der Waals surface area contributed by atoms with Crippen LogP contribution in [0.25, 0.3) is 0 Å². The van der Waals surface area contributed by atoms with Crippen LogP contribution in [0.3, 0.4) is 0 Å². The summed E-state index contributed by atoms with van der Waals surface area (Å²) in [5.41, 5.74) is 0.561. The van der Waals surface area contributed by atoms with Crippen molar-refractivity contribution in [3.63, 3.8) is 0 Å². The minimum absolute atomic E-state index is 0.0524. The largest absolute Gasteiger partial charge is 0.494 e. The van der Waals surface area contributed by atoms with Gasteiger partial charge in [-0.25, -0.2) is 9.97 Å². The Labute approximate surface area is 147 Å². The number of benzene rings is 1. The Kier molecular flexibility index (Phi) is 5.33. The SMILES string of the molecule is COc1cccc(OC)c1NC(=O)[C@H]1CCCN(c2ncccn2)C1. The van der Waals surface area contributed by atoms with Crippen molar-refractivity contribution in [2.45, 2.75) is 12.8 Å². The lowest BCUT2D eigenvalue weighted by molar-refractivity contribution is -0.120. The topological polar surface area (TPSA) is 76.6 Å². The van der Waals surface area contributed by atoms with Crippen molar-refractivity contribution < 1.29 is 14.3 Å². The summed E-state index contributed by atoms with van der Waals surface area (Å²) in [4.78, 5) is 23.4. The van der Waals surface area contributed by atoms with Crippen LogP contribution in [-0.2, 0) is 4.79 Å². The molecule has 1 amide bonds. The lowest BCUT2D eigenvalue weighted by Crippen LogP contribution is -2.41. The van der Waals surface area contributed by atoms with Crippen molar-refractivity contribution in [2.75, 3.05) is 37.5 Å². The van der Waals surface area contributed by atoms with Gasteiger partial charge >= 0.3 is 0 Å². The Morgan fingerprint density at radius 2 is 1.84 bits per heavy atom. The van der Waals surface area contributed by atoms with Crippen LogP contribution in [0.2, 0.25) is 0 Å². The Bertz CT molecular complexity index is 701. The highest BCUT2D eigenvalue weighted by molar-refractivity contribution is 5.96. The van der Waals surface area contributed by atoms with E-state index in [2.05, 4.69) is 15.3 Å². The number of nitrogens with one attached hydrogen (secondary N) is 1. The van der Waals surface area contributed by atoms with Gasteiger partial charge in [-0.15, -0.1) is 0 Å². The van der Waals surface area contributed by atoms with Gasteiger partial charge in [0.1, 0.15) is 17.2 Å². The van der Waals surface area contributed by atoms with E-state index in [9.17, 15) is 4.79 Å². The Morgan fingerprint density at radius 1 is 1.16 bits per heavy atom. The van der Waals surface area contributed by atoms with E-state index in [-0.39, 0.29) is 11.8 Å². The van der Waals surface area contributed by atoms with E-state index in [1.165, 1.54) is 0 Å². The summed E-state index contributed by atoms with van der Waals surface area (Å²) in [6.07, 6.45) is 5.17. The molecule has 7 nitrogen and oxygen atoms in total. The van der Waals surface area contributed by atoms with Gasteiger partial charge in [-0.05, 0) is 31.0 Å². The number of carbonyl (C=O) groups excluding carboxylic acids is 1. The molecule has 2 heterocycles. The lowest BCUT2D eigenvalue weighted by atomic mass is 9.97. The van der Waals surface area contributed by atoms with Crippen LogP contribution in [0.1, 0.15) is 12.8 Å². The van der Waals surface area contributed by atoms with E-state index >= 15 is 0 Å². The normalized spacial score (nSPS) is 17.0. The molecule has 0 radical (unpaired) electrons. The molecule has 1 aromatic heterocycles. The minimum atomic E-state index is -0.146. The second kappa shape index (κ2) is 7.83. The fraction of sp³-hybridized carbons (Fsp3) is 0.389.